The molecule has 1 unspecified atom stereocenters. The highest BCUT2D eigenvalue weighted by Crippen LogP contribution is 2.26. The monoisotopic (exact) mass is 326 g/mol. The molecule has 2 fully saturated rings. The van der Waals surface area contributed by atoms with Gasteiger partial charge in [-0.05, 0) is 12.1 Å². The summed E-state index contributed by atoms with van der Waals surface area (Å²) in [6.07, 6.45) is 2.39. The van der Waals surface area contributed by atoms with Gasteiger partial charge in [0.25, 0.3) is 0 Å². The Morgan fingerprint density at radius 2 is 2.12 bits per heavy atom. The number of para-hydroxylation sites is 1. The summed E-state index contributed by atoms with van der Waals surface area (Å²) in [5, 5.41) is 3.67. The fourth-order valence-electron chi connectivity index (χ4n) is 3.17. The third-order valence-electron chi connectivity index (χ3n) is 4.39. The van der Waals surface area contributed by atoms with Crippen LogP contribution in [-0.4, -0.2) is 59.1 Å². The van der Waals surface area contributed by atoms with E-state index in [9.17, 15) is 9.59 Å². The van der Waals surface area contributed by atoms with Crippen LogP contribution in [0.2, 0.25) is 0 Å². The topological polar surface area (TPSA) is 74.8 Å². The lowest BCUT2D eigenvalue weighted by atomic mass is 10.2. The van der Waals surface area contributed by atoms with Crippen LogP contribution in [0.15, 0.2) is 36.5 Å². The van der Waals surface area contributed by atoms with E-state index in [0.717, 1.165) is 23.1 Å². The number of carbonyl (C=O) groups is 2. The summed E-state index contributed by atoms with van der Waals surface area (Å²) in [5.41, 5.74) is 0.823. The molecule has 3 heterocycles. The van der Waals surface area contributed by atoms with Crippen molar-refractivity contribution in [3.8, 4) is 5.75 Å². The number of urea groups is 2. The van der Waals surface area contributed by atoms with Crippen molar-refractivity contribution in [2.45, 2.75) is 12.5 Å². The number of ether oxygens (including phenoxy) is 1. The molecule has 7 heteroatoms. The number of carbonyl (C=O) groups excluding carboxylic acids is 2. The SMILES string of the molecule is O=C1NCCN1C(=O)N1CCC(Oc2cccc3cccnc23)C1. The number of nitrogens with one attached hydrogen (secondary N) is 1. The van der Waals surface area contributed by atoms with Gasteiger partial charge in [-0.2, -0.15) is 0 Å². The molecule has 0 saturated carbocycles. The third-order valence-corrected chi connectivity index (χ3v) is 4.39. The molecule has 1 atom stereocenters. The van der Waals surface area contributed by atoms with E-state index in [1.54, 1.807) is 11.1 Å². The number of aromatic nitrogens is 1. The van der Waals surface area contributed by atoms with Gasteiger partial charge in [-0.3, -0.25) is 4.98 Å². The molecule has 4 amide bonds. The molecule has 1 aromatic carbocycles. The molecule has 2 aromatic rings. The van der Waals surface area contributed by atoms with Crippen molar-refractivity contribution >= 4 is 23.0 Å². The molecule has 0 bridgehead atoms. The molecule has 124 valence electrons. The largest absolute Gasteiger partial charge is 0.486 e. The molecule has 2 saturated heterocycles. The van der Waals surface area contributed by atoms with Crippen LogP contribution >= 0.6 is 0 Å². The third kappa shape index (κ3) is 2.62. The number of imide groups is 1. The lowest BCUT2D eigenvalue weighted by Gasteiger charge is -2.22. The highest BCUT2D eigenvalue weighted by molar-refractivity contribution is 5.95. The number of hydrogen-bond donors (Lipinski definition) is 1. The molecule has 0 aliphatic carbocycles. The van der Waals surface area contributed by atoms with Gasteiger partial charge in [0.2, 0.25) is 0 Å². The van der Waals surface area contributed by atoms with E-state index in [2.05, 4.69) is 10.3 Å². The van der Waals surface area contributed by atoms with Crippen molar-refractivity contribution in [3.63, 3.8) is 0 Å². The van der Waals surface area contributed by atoms with Crippen molar-refractivity contribution < 1.29 is 14.3 Å². The smallest absolute Gasteiger partial charge is 0.328 e. The van der Waals surface area contributed by atoms with Crippen LogP contribution in [0.5, 0.6) is 5.75 Å². The molecular formula is C17H18N4O3. The quantitative estimate of drug-likeness (QED) is 0.914. The van der Waals surface area contributed by atoms with Crippen LogP contribution in [-0.2, 0) is 0 Å². The fourth-order valence-corrected chi connectivity index (χ4v) is 3.17. The van der Waals surface area contributed by atoms with Gasteiger partial charge in [-0.25, -0.2) is 14.5 Å². The zero-order chi connectivity index (χ0) is 16.5. The lowest BCUT2D eigenvalue weighted by molar-refractivity contribution is 0.162. The zero-order valence-corrected chi connectivity index (χ0v) is 13.1. The summed E-state index contributed by atoms with van der Waals surface area (Å²) < 4.78 is 6.08. The first-order chi connectivity index (χ1) is 11.7. The molecule has 1 aromatic heterocycles. The maximum Gasteiger partial charge on any atom is 0.328 e. The van der Waals surface area contributed by atoms with Gasteiger partial charge in [0.1, 0.15) is 17.4 Å². The van der Waals surface area contributed by atoms with E-state index in [4.69, 9.17) is 4.74 Å². The second kappa shape index (κ2) is 5.99. The maximum absolute atomic E-state index is 12.4. The normalized spacial score (nSPS) is 20.5. The van der Waals surface area contributed by atoms with Crippen LogP contribution < -0.4 is 10.1 Å². The fraction of sp³-hybridized carbons (Fsp3) is 0.353. The first-order valence-corrected chi connectivity index (χ1v) is 8.07. The Morgan fingerprint density at radius 3 is 2.96 bits per heavy atom. The predicted molar refractivity (Wildman–Crippen MR) is 87.8 cm³/mol. The van der Waals surface area contributed by atoms with Crippen molar-refractivity contribution in [2.24, 2.45) is 0 Å². The van der Waals surface area contributed by atoms with Crippen LogP contribution in [0.1, 0.15) is 6.42 Å². The molecule has 0 radical (unpaired) electrons. The molecule has 2 aliphatic heterocycles. The van der Waals surface area contributed by atoms with E-state index in [0.29, 0.717) is 26.2 Å². The second-order valence-electron chi connectivity index (χ2n) is 5.97. The van der Waals surface area contributed by atoms with Gasteiger partial charge in [-0.1, -0.05) is 18.2 Å². The number of pyridine rings is 1. The minimum Gasteiger partial charge on any atom is -0.486 e. The Bertz CT molecular complexity index is 789. The standard InChI is InChI=1S/C17H18N4O3/c22-16-19-8-10-21(16)17(23)20-9-6-13(11-20)24-14-5-1-3-12-4-2-7-18-15(12)14/h1-5,7,13H,6,8-11H2,(H,19,22). The molecule has 1 N–H and O–H groups in total. The Labute approximate surface area is 139 Å². The summed E-state index contributed by atoms with van der Waals surface area (Å²) in [6.45, 7) is 2.00. The van der Waals surface area contributed by atoms with Gasteiger partial charge < -0.3 is 15.0 Å². The lowest BCUT2D eigenvalue weighted by Crippen LogP contribution is -2.44. The Hall–Kier alpha value is -2.83. The molecule has 24 heavy (non-hydrogen) atoms. The van der Waals surface area contributed by atoms with Crippen molar-refractivity contribution in [3.05, 3.63) is 36.5 Å². The average Bonchev–Trinajstić information content (AvgIpc) is 3.24. The van der Waals surface area contributed by atoms with Gasteiger partial charge in [-0.15, -0.1) is 0 Å². The van der Waals surface area contributed by atoms with Crippen LogP contribution in [0.4, 0.5) is 9.59 Å². The summed E-state index contributed by atoms with van der Waals surface area (Å²) in [7, 11) is 0. The summed E-state index contributed by atoms with van der Waals surface area (Å²) in [4.78, 5) is 31.3. The van der Waals surface area contributed by atoms with Crippen LogP contribution in [0.3, 0.4) is 0 Å². The van der Waals surface area contributed by atoms with Crippen molar-refractivity contribution in [2.75, 3.05) is 26.2 Å². The number of fused-ring (bicyclic) bond motifs is 1. The summed E-state index contributed by atoms with van der Waals surface area (Å²) in [5.74, 6) is 0.728. The van der Waals surface area contributed by atoms with Gasteiger partial charge in [0, 0.05) is 37.6 Å². The molecule has 2 aliphatic rings. The van der Waals surface area contributed by atoms with E-state index < -0.39 is 0 Å². The number of benzene rings is 1. The first-order valence-electron chi connectivity index (χ1n) is 8.07. The molecule has 7 nitrogen and oxygen atoms in total. The second-order valence-corrected chi connectivity index (χ2v) is 5.97. The van der Waals surface area contributed by atoms with Crippen LogP contribution in [0, 0.1) is 0 Å². The van der Waals surface area contributed by atoms with E-state index in [1.807, 2.05) is 30.3 Å². The summed E-state index contributed by atoms with van der Waals surface area (Å²) >= 11 is 0. The van der Waals surface area contributed by atoms with Gasteiger partial charge >= 0.3 is 12.1 Å². The maximum atomic E-state index is 12.4. The number of likely N-dealkylation sites (tertiary alicyclic amines) is 1. The number of nitrogens with zero attached hydrogens (tertiary/aromatic N) is 3. The van der Waals surface area contributed by atoms with Crippen molar-refractivity contribution in [1.29, 1.82) is 0 Å². The molecule has 4 rings (SSSR count). The van der Waals surface area contributed by atoms with E-state index >= 15 is 0 Å². The zero-order valence-electron chi connectivity index (χ0n) is 13.1. The average molecular weight is 326 g/mol. The predicted octanol–water partition coefficient (Wildman–Crippen LogP) is 1.83. The Morgan fingerprint density at radius 1 is 1.25 bits per heavy atom. The highest BCUT2D eigenvalue weighted by atomic mass is 16.5. The Kier molecular flexibility index (Phi) is 3.68. The van der Waals surface area contributed by atoms with E-state index in [-0.39, 0.29) is 18.2 Å². The minimum atomic E-state index is -0.317. The number of hydrogen-bond acceptors (Lipinski definition) is 4. The minimum absolute atomic E-state index is 0.0905. The highest BCUT2D eigenvalue weighted by Gasteiger charge is 2.35. The number of rotatable bonds is 2. The van der Waals surface area contributed by atoms with E-state index in [1.165, 1.54) is 4.90 Å². The first kappa shape index (κ1) is 14.7. The van der Waals surface area contributed by atoms with Gasteiger partial charge in [0.05, 0.1) is 6.54 Å². The summed E-state index contributed by atoms with van der Waals surface area (Å²) in [6, 6.07) is 9.15. The van der Waals surface area contributed by atoms with Crippen molar-refractivity contribution in [1.82, 2.24) is 20.1 Å². The van der Waals surface area contributed by atoms with Crippen LogP contribution in [0.25, 0.3) is 10.9 Å². The van der Waals surface area contributed by atoms with Gasteiger partial charge in [0.15, 0.2) is 0 Å². The molecule has 0 spiro atoms. The number of amides is 4. The molecular weight excluding hydrogens is 308 g/mol. The Balaban J connectivity index is 1.45.